The lowest BCUT2D eigenvalue weighted by atomic mass is 9.97. The molecule has 8 heteroatoms. The first kappa shape index (κ1) is 14.6. The van der Waals surface area contributed by atoms with Crippen LogP contribution < -0.4 is 5.56 Å². The molecule has 4 heterocycles. The van der Waals surface area contributed by atoms with Gasteiger partial charge in [0.15, 0.2) is 11.3 Å². The molecular weight excluding hydrogens is 366 g/mol. The summed E-state index contributed by atoms with van der Waals surface area (Å²) in [7, 11) is 0. The van der Waals surface area contributed by atoms with Gasteiger partial charge < -0.3 is 0 Å². The smallest absolute Gasteiger partial charge is 0.267 e. The number of nitrogens with zero attached hydrogens (tertiary/aromatic N) is 4. The average Bonchev–Trinajstić information content (AvgIpc) is 3.35. The van der Waals surface area contributed by atoms with Crippen LogP contribution in [0.15, 0.2) is 29.1 Å². The Labute approximate surface area is 155 Å². The molecule has 0 fully saturated rings. The molecule has 26 heavy (non-hydrogen) atoms. The van der Waals surface area contributed by atoms with E-state index in [4.69, 9.17) is 0 Å². The molecule has 4 aromatic heterocycles. The Bertz CT molecular complexity index is 1340. The highest BCUT2D eigenvalue weighted by Gasteiger charge is 2.23. The van der Waals surface area contributed by atoms with Gasteiger partial charge in [0.1, 0.15) is 9.84 Å². The van der Waals surface area contributed by atoms with E-state index in [0.717, 1.165) is 44.7 Å². The van der Waals surface area contributed by atoms with Crippen molar-refractivity contribution < 1.29 is 0 Å². The molecule has 0 amide bonds. The van der Waals surface area contributed by atoms with Crippen LogP contribution in [0.3, 0.4) is 0 Å². The number of nitrogens with one attached hydrogen (secondary N) is 1. The third kappa shape index (κ3) is 1.91. The van der Waals surface area contributed by atoms with Gasteiger partial charge in [0.2, 0.25) is 0 Å². The van der Waals surface area contributed by atoms with Gasteiger partial charge in [0.05, 0.1) is 15.6 Å². The zero-order chi connectivity index (χ0) is 17.3. The number of rotatable bonds is 1. The highest BCUT2D eigenvalue weighted by atomic mass is 32.1. The first-order valence-electron chi connectivity index (χ1n) is 8.57. The van der Waals surface area contributed by atoms with Gasteiger partial charge in [-0.05, 0) is 43.4 Å². The number of H-pyrrole nitrogens is 1. The van der Waals surface area contributed by atoms with E-state index in [9.17, 15) is 4.79 Å². The normalized spacial score (nSPS) is 14.5. The summed E-state index contributed by atoms with van der Waals surface area (Å²) in [6.45, 7) is 0. The van der Waals surface area contributed by atoms with E-state index in [1.807, 2.05) is 28.8 Å². The molecule has 1 aliphatic rings. The summed E-state index contributed by atoms with van der Waals surface area (Å²) in [5.74, 6) is 0. The average molecular weight is 379 g/mol. The molecule has 6 nitrogen and oxygen atoms in total. The van der Waals surface area contributed by atoms with E-state index in [0.29, 0.717) is 11.3 Å². The van der Waals surface area contributed by atoms with Crippen molar-refractivity contribution in [1.82, 2.24) is 24.8 Å². The predicted molar refractivity (Wildman–Crippen MR) is 104 cm³/mol. The summed E-state index contributed by atoms with van der Waals surface area (Å²) in [5, 5.41) is 9.04. The molecule has 1 N–H and O–H groups in total. The first-order chi connectivity index (χ1) is 12.8. The van der Waals surface area contributed by atoms with Gasteiger partial charge in [0, 0.05) is 4.88 Å². The van der Waals surface area contributed by atoms with Gasteiger partial charge in [-0.25, -0.2) is 14.7 Å². The number of hydrogen-bond acceptors (Lipinski definition) is 6. The van der Waals surface area contributed by atoms with Gasteiger partial charge in [-0.3, -0.25) is 4.79 Å². The van der Waals surface area contributed by atoms with Crippen molar-refractivity contribution in [2.75, 3.05) is 0 Å². The van der Waals surface area contributed by atoms with Crippen molar-refractivity contribution >= 4 is 48.8 Å². The number of hydrogen-bond donors (Lipinski definition) is 1. The Morgan fingerprint density at radius 2 is 1.96 bits per heavy atom. The number of para-hydroxylation sites is 1. The van der Waals surface area contributed by atoms with Crippen LogP contribution in [0, 0.1) is 0 Å². The highest BCUT2D eigenvalue weighted by molar-refractivity contribution is 7.21. The minimum Gasteiger partial charge on any atom is -0.267 e. The molecule has 0 saturated heterocycles. The summed E-state index contributed by atoms with van der Waals surface area (Å²) in [6, 6.07) is 7.98. The number of thiophene rings is 1. The summed E-state index contributed by atoms with van der Waals surface area (Å²) >= 11 is 3.25. The molecule has 0 spiro atoms. The number of fused-ring (bicyclic) bond motifs is 6. The van der Waals surface area contributed by atoms with Crippen LogP contribution in [0.4, 0.5) is 0 Å². The second kappa shape index (κ2) is 5.21. The largest absolute Gasteiger partial charge is 0.282 e. The summed E-state index contributed by atoms with van der Waals surface area (Å²) in [6.07, 6.45) is 4.35. The summed E-state index contributed by atoms with van der Waals surface area (Å²) in [5.41, 5.74) is 3.17. The molecule has 5 aromatic rings. The lowest BCUT2D eigenvalue weighted by Gasteiger charge is -2.09. The van der Waals surface area contributed by atoms with Crippen molar-refractivity contribution in [3.63, 3.8) is 0 Å². The molecule has 128 valence electrons. The standard InChI is InChI=1S/C18H13N5OS2/c24-16-13-9-5-1-3-7-11(9)26-18(13)23-15(20-16)14(21-22-23)17-19-10-6-2-4-8-12(10)25-17/h2,4,6,8,22H,1,3,5,7H2. The van der Waals surface area contributed by atoms with Gasteiger partial charge in [-0.2, -0.15) is 10.1 Å². The number of benzene rings is 1. The van der Waals surface area contributed by atoms with Crippen LogP contribution >= 0.6 is 22.7 Å². The summed E-state index contributed by atoms with van der Waals surface area (Å²) in [4.78, 5) is 24.1. The molecule has 0 bridgehead atoms. The van der Waals surface area contributed by atoms with E-state index in [2.05, 4.69) is 20.3 Å². The van der Waals surface area contributed by atoms with Crippen molar-refractivity contribution in [2.45, 2.75) is 25.7 Å². The number of aromatic amines is 1. The zero-order valence-corrected chi connectivity index (χ0v) is 15.3. The Balaban J connectivity index is 1.66. The molecule has 0 radical (unpaired) electrons. The van der Waals surface area contributed by atoms with Gasteiger partial charge in [0.25, 0.3) is 5.56 Å². The maximum Gasteiger partial charge on any atom is 0.282 e. The van der Waals surface area contributed by atoms with Crippen LogP contribution in [-0.4, -0.2) is 24.8 Å². The molecule has 1 aromatic carbocycles. The molecule has 0 unspecified atom stereocenters. The Hall–Kier alpha value is -2.58. The maximum atomic E-state index is 12.8. The topological polar surface area (TPSA) is 75.9 Å². The Morgan fingerprint density at radius 1 is 1.08 bits per heavy atom. The monoisotopic (exact) mass is 379 g/mol. The molecule has 0 aliphatic heterocycles. The predicted octanol–water partition coefficient (Wildman–Crippen LogP) is 3.79. The molecule has 0 saturated carbocycles. The minimum absolute atomic E-state index is 0.150. The van der Waals surface area contributed by atoms with Crippen LogP contribution in [0.25, 0.3) is 36.8 Å². The van der Waals surface area contributed by atoms with Crippen molar-refractivity contribution in [3.8, 4) is 10.7 Å². The summed E-state index contributed by atoms with van der Waals surface area (Å²) < 4.78 is 2.94. The Morgan fingerprint density at radius 3 is 2.88 bits per heavy atom. The third-order valence-corrected chi connectivity index (χ3v) is 7.28. The van der Waals surface area contributed by atoms with Crippen molar-refractivity contribution in [3.05, 3.63) is 45.1 Å². The fourth-order valence-electron chi connectivity index (χ4n) is 3.75. The van der Waals surface area contributed by atoms with Gasteiger partial charge in [-0.15, -0.1) is 22.7 Å². The minimum atomic E-state index is -0.150. The molecular formula is C18H13N5OS2. The van der Waals surface area contributed by atoms with Crippen LogP contribution in [0.5, 0.6) is 0 Å². The van der Waals surface area contributed by atoms with Crippen molar-refractivity contribution in [2.24, 2.45) is 0 Å². The maximum absolute atomic E-state index is 12.8. The van der Waals surface area contributed by atoms with Crippen LogP contribution in [-0.2, 0) is 12.8 Å². The Kier molecular flexibility index (Phi) is 2.92. The van der Waals surface area contributed by atoms with Gasteiger partial charge in [-0.1, -0.05) is 12.1 Å². The van der Waals surface area contributed by atoms with E-state index in [1.165, 1.54) is 16.9 Å². The van der Waals surface area contributed by atoms with Crippen molar-refractivity contribution in [1.29, 1.82) is 0 Å². The van der Waals surface area contributed by atoms with E-state index in [1.54, 1.807) is 22.7 Å². The van der Waals surface area contributed by atoms with Crippen LogP contribution in [0.2, 0.25) is 0 Å². The number of aromatic nitrogens is 5. The SMILES string of the molecule is O=c1nc2c(-c3nc4ccccc4s3)n[nH]n2c2sc3c(c12)CCCC3. The second-order valence-corrected chi connectivity index (χ2v) is 8.63. The number of aryl methyl sites for hydroxylation is 2. The molecule has 1 aliphatic carbocycles. The highest BCUT2D eigenvalue weighted by Crippen LogP contribution is 2.36. The van der Waals surface area contributed by atoms with E-state index in [-0.39, 0.29) is 5.56 Å². The zero-order valence-electron chi connectivity index (χ0n) is 13.7. The van der Waals surface area contributed by atoms with Crippen LogP contribution in [0.1, 0.15) is 23.3 Å². The fourth-order valence-corrected chi connectivity index (χ4v) is 6.04. The lowest BCUT2D eigenvalue weighted by Crippen LogP contribution is -2.11. The number of thiazole rings is 1. The lowest BCUT2D eigenvalue weighted by molar-refractivity contribution is 0.700. The fraction of sp³-hybridized carbons (Fsp3) is 0.222. The molecule has 6 rings (SSSR count). The second-order valence-electron chi connectivity index (χ2n) is 6.51. The van der Waals surface area contributed by atoms with E-state index >= 15 is 0 Å². The van der Waals surface area contributed by atoms with E-state index < -0.39 is 0 Å². The quantitative estimate of drug-likeness (QED) is 0.481. The molecule has 0 atom stereocenters. The van der Waals surface area contributed by atoms with Gasteiger partial charge >= 0.3 is 0 Å². The first-order valence-corrected chi connectivity index (χ1v) is 10.2. The third-order valence-electron chi connectivity index (χ3n) is 4.96.